The zero-order valence-corrected chi connectivity index (χ0v) is 12.3. The summed E-state index contributed by atoms with van der Waals surface area (Å²) >= 11 is 0. The van der Waals surface area contributed by atoms with Gasteiger partial charge >= 0.3 is 12.0 Å². The highest BCUT2D eigenvalue weighted by Crippen LogP contribution is 2.35. The maximum atomic E-state index is 12.3. The minimum atomic E-state index is -0.703. The van der Waals surface area contributed by atoms with E-state index in [0.717, 1.165) is 17.7 Å². The first-order valence-corrected chi connectivity index (χ1v) is 7.09. The molecule has 6 nitrogen and oxygen atoms in total. The van der Waals surface area contributed by atoms with E-state index in [1.54, 1.807) is 20.8 Å². The number of urea groups is 1. The molecule has 1 aliphatic carbocycles. The monoisotopic (exact) mass is 282 g/mol. The van der Waals surface area contributed by atoms with Crippen LogP contribution in [0.1, 0.15) is 52.9 Å². The number of nitrogens with zero attached hydrogens (tertiary/aromatic N) is 1. The average molecular weight is 282 g/mol. The van der Waals surface area contributed by atoms with Crippen LogP contribution in [0.2, 0.25) is 0 Å². The predicted molar refractivity (Wildman–Crippen MR) is 71.9 cm³/mol. The molecule has 1 spiro atoms. The van der Waals surface area contributed by atoms with E-state index in [4.69, 9.17) is 4.74 Å². The van der Waals surface area contributed by atoms with Gasteiger partial charge in [-0.1, -0.05) is 12.8 Å². The lowest BCUT2D eigenvalue weighted by Crippen LogP contribution is -2.44. The number of imide groups is 1. The highest BCUT2D eigenvalue weighted by Gasteiger charge is 2.52. The molecule has 112 valence electrons. The molecule has 1 aliphatic heterocycles. The van der Waals surface area contributed by atoms with E-state index in [1.165, 1.54) is 0 Å². The van der Waals surface area contributed by atoms with E-state index >= 15 is 0 Å². The van der Waals surface area contributed by atoms with Crippen LogP contribution in [0.25, 0.3) is 0 Å². The molecule has 0 atom stereocenters. The second-order valence-corrected chi connectivity index (χ2v) is 6.51. The molecule has 1 saturated heterocycles. The highest BCUT2D eigenvalue weighted by atomic mass is 16.6. The van der Waals surface area contributed by atoms with Crippen molar-refractivity contribution in [2.24, 2.45) is 0 Å². The van der Waals surface area contributed by atoms with Crippen LogP contribution in [-0.4, -0.2) is 40.5 Å². The summed E-state index contributed by atoms with van der Waals surface area (Å²) in [6.07, 6.45) is 3.32. The van der Waals surface area contributed by atoms with Gasteiger partial charge < -0.3 is 10.1 Å². The van der Waals surface area contributed by atoms with E-state index in [2.05, 4.69) is 5.32 Å². The van der Waals surface area contributed by atoms with Gasteiger partial charge in [-0.3, -0.25) is 14.5 Å². The molecular weight excluding hydrogens is 260 g/mol. The molecule has 1 heterocycles. The normalized spacial score (nSPS) is 21.4. The van der Waals surface area contributed by atoms with Crippen LogP contribution >= 0.6 is 0 Å². The fourth-order valence-electron chi connectivity index (χ4n) is 2.79. The number of carbonyl (C=O) groups is 3. The highest BCUT2D eigenvalue weighted by molar-refractivity contribution is 6.07. The average Bonchev–Trinajstić information content (AvgIpc) is 2.83. The lowest BCUT2D eigenvalue weighted by Gasteiger charge is -2.21. The van der Waals surface area contributed by atoms with Crippen molar-refractivity contribution in [1.82, 2.24) is 10.2 Å². The summed E-state index contributed by atoms with van der Waals surface area (Å²) in [5.74, 6) is -0.589. The van der Waals surface area contributed by atoms with Crippen molar-refractivity contribution in [2.45, 2.75) is 64.0 Å². The second kappa shape index (κ2) is 5.07. The Morgan fingerprint density at radius 3 is 2.45 bits per heavy atom. The van der Waals surface area contributed by atoms with Crippen LogP contribution in [0, 0.1) is 0 Å². The number of nitrogens with one attached hydrogen (secondary N) is 1. The minimum absolute atomic E-state index is 0.0342. The zero-order chi connectivity index (χ0) is 15.0. The third-order valence-electron chi connectivity index (χ3n) is 3.66. The Hall–Kier alpha value is -1.59. The smallest absolute Gasteiger partial charge is 0.325 e. The standard InChI is InChI=1S/C14H22N2O4/c1-13(2,3)20-10(17)6-9-16-11(18)14(15-12(16)19)7-4-5-8-14/h4-9H2,1-3H3,(H,15,19). The summed E-state index contributed by atoms with van der Waals surface area (Å²) < 4.78 is 5.18. The number of rotatable bonds is 3. The van der Waals surface area contributed by atoms with Crippen LogP contribution in [0.15, 0.2) is 0 Å². The molecule has 0 unspecified atom stereocenters. The lowest BCUT2D eigenvalue weighted by atomic mass is 9.98. The molecular formula is C14H22N2O4. The van der Waals surface area contributed by atoms with Crippen molar-refractivity contribution >= 4 is 17.9 Å². The Morgan fingerprint density at radius 1 is 1.30 bits per heavy atom. The van der Waals surface area contributed by atoms with E-state index in [0.29, 0.717) is 12.8 Å². The third-order valence-corrected chi connectivity index (χ3v) is 3.66. The molecule has 6 heteroatoms. The Kier molecular flexibility index (Phi) is 3.75. The lowest BCUT2D eigenvalue weighted by molar-refractivity contribution is -0.155. The number of hydrogen-bond acceptors (Lipinski definition) is 4. The fraction of sp³-hybridized carbons (Fsp3) is 0.786. The van der Waals surface area contributed by atoms with Gasteiger partial charge in [0.25, 0.3) is 5.91 Å². The van der Waals surface area contributed by atoms with Crippen LogP contribution in [0.3, 0.4) is 0 Å². The number of ether oxygens (including phenoxy) is 1. The van der Waals surface area contributed by atoms with Gasteiger partial charge in [0.1, 0.15) is 11.1 Å². The second-order valence-electron chi connectivity index (χ2n) is 6.51. The molecule has 0 aromatic heterocycles. The van der Waals surface area contributed by atoms with Crippen LogP contribution in [0.4, 0.5) is 4.79 Å². The zero-order valence-electron chi connectivity index (χ0n) is 12.3. The first kappa shape index (κ1) is 14.8. The summed E-state index contributed by atoms with van der Waals surface area (Å²) in [6, 6.07) is -0.388. The summed E-state index contributed by atoms with van der Waals surface area (Å²) in [7, 11) is 0. The molecule has 20 heavy (non-hydrogen) atoms. The van der Waals surface area contributed by atoms with Gasteiger partial charge in [-0.05, 0) is 33.6 Å². The summed E-state index contributed by atoms with van der Waals surface area (Å²) in [6.45, 7) is 5.44. The van der Waals surface area contributed by atoms with Crippen molar-refractivity contribution < 1.29 is 19.1 Å². The van der Waals surface area contributed by atoms with Crippen molar-refractivity contribution in [3.63, 3.8) is 0 Å². The molecule has 0 aromatic rings. The first-order chi connectivity index (χ1) is 9.23. The van der Waals surface area contributed by atoms with Gasteiger partial charge in [0.2, 0.25) is 0 Å². The van der Waals surface area contributed by atoms with Crippen molar-refractivity contribution in [3.8, 4) is 0 Å². The molecule has 2 fully saturated rings. The van der Waals surface area contributed by atoms with E-state index in [-0.39, 0.29) is 24.9 Å². The van der Waals surface area contributed by atoms with Crippen molar-refractivity contribution in [1.29, 1.82) is 0 Å². The Morgan fingerprint density at radius 2 is 1.90 bits per heavy atom. The van der Waals surface area contributed by atoms with E-state index in [1.807, 2.05) is 0 Å². The maximum absolute atomic E-state index is 12.3. The van der Waals surface area contributed by atoms with Gasteiger partial charge in [-0.15, -0.1) is 0 Å². The van der Waals surface area contributed by atoms with Gasteiger partial charge in [0.15, 0.2) is 0 Å². The summed E-state index contributed by atoms with van der Waals surface area (Å²) in [5.41, 5.74) is -1.26. The summed E-state index contributed by atoms with van der Waals surface area (Å²) in [4.78, 5) is 37.0. The molecule has 1 N–H and O–H groups in total. The molecule has 3 amide bonds. The number of carbonyl (C=O) groups excluding carboxylic acids is 3. The van der Waals surface area contributed by atoms with Gasteiger partial charge in [-0.2, -0.15) is 0 Å². The molecule has 0 bridgehead atoms. The van der Waals surface area contributed by atoms with Crippen molar-refractivity contribution in [3.05, 3.63) is 0 Å². The quantitative estimate of drug-likeness (QED) is 0.630. The van der Waals surface area contributed by atoms with Gasteiger partial charge in [-0.25, -0.2) is 4.79 Å². The number of hydrogen-bond donors (Lipinski definition) is 1. The predicted octanol–water partition coefficient (Wildman–Crippen LogP) is 1.58. The fourth-order valence-corrected chi connectivity index (χ4v) is 2.79. The molecule has 1 saturated carbocycles. The Bertz CT molecular complexity index is 433. The van der Waals surface area contributed by atoms with Crippen molar-refractivity contribution in [2.75, 3.05) is 6.54 Å². The Labute approximate surface area is 118 Å². The third kappa shape index (κ3) is 2.94. The number of esters is 1. The SMILES string of the molecule is CC(C)(C)OC(=O)CCN1C(=O)NC2(CCCC2)C1=O. The molecule has 0 radical (unpaired) electrons. The van der Waals surface area contributed by atoms with Gasteiger partial charge in [0, 0.05) is 6.54 Å². The maximum Gasteiger partial charge on any atom is 0.325 e. The Balaban J connectivity index is 1.92. The van der Waals surface area contributed by atoms with Gasteiger partial charge in [0.05, 0.1) is 6.42 Å². The van der Waals surface area contributed by atoms with E-state index in [9.17, 15) is 14.4 Å². The van der Waals surface area contributed by atoms with E-state index < -0.39 is 17.1 Å². The number of amides is 3. The first-order valence-electron chi connectivity index (χ1n) is 7.09. The van der Waals surface area contributed by atoms with Crippen LogP contribution in [0.5, 0.6) is 0 Å². The van der Waals surface area contributed by atoms with Crippen LogP contribution in [-0.2, 0) is 14.3 Å². The topological polar surface area (TPSA) is 75.7 Å². The molecule has 0 aromatic carbocycles. The molecule has 2 rings (SSSR count). The summed E-state index contributed by atoms with van der Waals surface area (Å²) in [5, 5.41) is 2.79. The molecule has 2 aliphatic rings. The largest absolute Gasteiger partial charge is 0.460 e. The van der Waals surface area contributed by atoms with Crippen LogP contribution < -0.4 is 5.32 Å². The minimum Gasteiger partial charge on any atom is -0.460 e.